The van der Waals surface area contributed by atoms with Crippen LogP contribution in [0.1, 0.15) is 296 Å². The number of phosphoric ester groups is 1. The fourth-order valence-electron chi connectivity index (χ4n) is 9.30. The first-order valence-electron chi connectivity index (χ1n) is 33.3. The average Bonchev–Trinajstić information content (AvgIpc) is 3.42. The summed E-state index contributed by atoms with van der Waals surface area (Å²) in [5, 5.41) is 0. The Morgan fingerprint density at radius 1 is 0.400 bits per heavy atom. The van der Waals surface area contributed by atoms with Crippen LogP contribution in [0.2, 0.25) is 0 Å². The Morgan fingerprint density at radius 3 is 1.07 bits per heavy atom. The van der Waals surface area contributed by atoms with Crippen LogP contribution in [-0.2, 0) is 32.7 Å². The van der Waals surface area contributed by atoms with Crippen LogP contribution in [0.25, 0.3) is 0 Å². The molecule has 0 saturated carbocycles. The van der Waals surface area contributed by atoms with E-state index in [1.807, 2.05) is 21.1 Å². The number of nitrogens with zero attached hydrogens (tertiary/aromatic N) is 1. The minimum absolute atomic E-state index is 0.0390. The molecule has 0 aliphatic carbocycles. The predicted octanol–water partition coefficient (Wildman–Crippen LogP) is 20.7. The van der Waals surface area contributed by atoms with Crippen LogP contribution in [0.4, 0.5) is 0 Å². The molecule has 10 heteroatoms. The van der Waals surface area contributed by atoms with Crippen LogP contribution in [0.3, 0.4) is 0 Å². The van der Waals surface area contributed by atoms with Crippen LogP contribution in [-0.4, -0.2) is 70.0 Å². The number of carbonyl (C=O) groups excluding carboxylic acids is 2. The summed E-state index contributed by atoms with van der Waals surface area (Å²) in [6, 6.07) is 0. The van der Waals surface area contributed by atoms with Crippen molar-refractivity contribution in [1.29, 1.82) is 0 Å². The summed E-state index contributed by atoms with van der Waals surface area (Å²) >= 11 is 0. The molecular weight excluding hydrogens is 1010 g/mol. The maximum absolute atomic E-state index is 12.8. The highest BCUT2D eigenvalue weighted by atomic mass is 31.2. The molecule has 2 unspecified atom stereocenters. The number of hydrogen-bond donors (Lipinski definition) is 0. The maximum atomic E-state index is 12.8. The van der Waals surface area contributed by atoms with E-state index in [1.165, 1.54) is 180 Å². The smallest absolute Gasteiger partial charge is 0.306 e. The Bertz CT molecular complexity index is 1630. The second-order valence-electron chi connectivity index (χ2n) is 23.5. The van der Waals surface area contributed by atoms with Crippen molar-refractivity contribution in [1.82, 2.24) is 0 Å². The van der Waals surface area contributed by atoms with Gasteiger partial charge in [0, 0.05) is 12.8 Å². The average molecular weight is 1140 g/mol. The fourth-order valence-corrected chi connectivity index (χ4v) is 10.0. The van der Waals surface area contributed by atoms with E-state index in [0.29, 0.717) is 17.4 Å². The van der Waals surface area contributed by atoms with Gasteiger partial charge in [0.25, 0.3) is 7.82 Å². The van der Waals surface area contributed by atoms with Crippen LogP contribution in [0.15, 0.2) is 85.1 Å². The first-order chi connectivity index (χ1) is 39.0. The van der Waals surface area contributed by atoms with Gasteiger partial charge in [-0.3, -0.25) is 14.2 Å². The molecule has 0 bridgehead atoms. The lowest BCUT2D eigenvalue weighted by Crippen LogP contribution is -2.37. The highest BCUT2D eigenvalue weighted by molar-refractivity contribution is 7.45. The SMILES string of the molecule is CC/C=C\C/C=C\C/C=C\C/C=C\C/C=C\C/C=C\CCCCCCC(=O)OC(COC(=O)CCCCCCCCCCCCCCCCCCCCCCC/C=C\CCCCCCCCCC)COP(=O)([O-])OCC[N+](C)(C)C. The van der Waals surface area contributed by atoms with Gasteiger partial charge in [-0.1, -0.05) is 279 Å². The predicted molar refractivity (Wildman–Crippen MR) is 342 cm³/mol. The number of quaternary nitrogens is 1. The Kier molecular flexibility index (Phi) is 58.6. The standard InChI is InChI=1S/C70H126NO8P/c1-6-8-10-12-14-16-18-20-22-24-26-28-30-31-32-33-34-35-36-37-38-39-41-42-44-46-48-50-52-54-56-58-60-62-69(72)76-66-68(67-78-80(74,75)77-65-64-71(3,4)5)79-70(73)63-61-59-57-55-53-51-49-47-45-43-40-29-27-25-23-21-19-17-15-13-11-9-7-2/h9,11,15,17,21,23-24,26-27,29,43,45,49,51,68H,6-8,10,12-14,16,18-20,22,25,28,30-42,44,46-48,50,52-67H2,1-5H3/b11-9-,17-15-,23-21-,26-24-,29-27-,45-43-,51-49-. The molecular formula is C70H126NO8P. The van der Waals surface area contributed by atoms with Crippen LogP contribution < -0.4 is 4.89 Å². The van der Waals surface area contributed by atoms with Crippen LogP contribution in [0, 0.1) is 0 Å². The van der Waals surface area contributed by atoms with Gasteiger partial charge < -0.3 is 27.9 Å². The molecule has 0 N–H and O–H groups in total. The topological polar surface area (TPSA) is 111 Å². The van der Waals surface area contributed by atoms with Crippen molar-refractivity contribution in [3.8, 4) is 0 Å². The normalized spacial score (nSPS) is 13.7. The summed E-state index contributed by atoms with van der Waals surface area (Å²) in [5.74, 6) is -0.856. The number of unbranched alkanes of at least 4 members (excludes halogenated alkanes) is 33. The lowest BCUT2D eigenvalue weighted by Gasteiger charge is -2.28. The lowest BCUT2D eigenvalue weighted by atomic mass is 10.0. The van der Waals surface area contributed by atoms with E-state index >= 15 is 0 Å². The molecule has 80 heavy (non-hydrogen) atoms. The van der Waals surface area contributed by atoms with Crippen molar-refractivity contribution in [3.63, 3.8) is 0 Å². The molecule has 0 aromatic rings. The second kappa shape index (κ2) is 60.8. The molecule has 0 fully saturated rings. The van der Waals surface area contributed by atoms with Gasteiger partial charge in [-0.15, -0.1) is 0 Å². The molecule has 0 aliphatic rings. The number of hydrogen-bond acceptors (Lipinski definition) is 8. The molecule has 9 nitrogen and oxygen atoms in total. The third-order valence-electron chi connectivity index (χ3n) is 14.4. The van der Waals surface area contributed by atoms with Crippen molar-refractivity contribution in [2.75, 3.05) is 47.5 Å². The van der Waals surface area contributed by atoms with Crippen molar-refractivity contribution < 1.29 is 42.1 Å². The third kappa shape index (κ3) is 64.4. The summed E-state index contributed by atoms with van der Waals surface area (Å²) in [6.45, 7) is 4.12. The lowest BCUT2D eigenvalue weighted by molar-refractivity contribution is -0.870. The summed E-state index contributed by atoms with van der Waals surface area (Å²) in [5.41, 5.74) is 0. The first-order valence-corrected chi connectivity index (χ1v) is 34.8. The van der Waals surface area contributed by atoms with Gasteiger partial charge in [0.15, 0.2) is 6.10 Å². The summed E-state index contributed by atoms with van der Waals surface area (Å²) in [6.07, 6.45) is 82.4. The minimum Gasteiger partial charge on any atom is -0.756 e. The van der Waals surface area contributed by atoms with E-state index in [0.717, 1.165) is 83.5 Å². The molecule has 0 amide bonds. The largest absolute Gasteiger partial charge is 0.756 e. The Labute approximate surface area is 494 Å². The highest BCUT2D eigenvalue weighted by Gasteiger charge is 2.22. The molecule has 0 rings (SSSR count). The van der Waals surface area contributed by atoms with Gasteiger partial charge in [-0.05, 0) is 89.9 Å². The summed E-state index contributed by atoms with van der Waals surface area (Å²) < 4.78 is 34.2. The Balaban J connectivity index is 4.06. The van der Waals surface area contributed by atoms with Gasteiger partial charge >= 0.3 is 11.9 Å². The highest BCUT2D eigenvalue weighted by Crippen LogP contribution is 2.38. The Hall–Kier alpha value is -2.81. The van der Waals surface area contributed by atoms with E-state index in [9.17, 15) is 19.0 Å². The maximum Gasteiger partial charge on any atom is 0.306 e. The molecule has 0 aromatic heterocycles. The molecule has 0 spiro atoms. The summed E-state index contributed by atoms with van der Waals surface area (Å²) in [4.78, 5) is 38.0. The Morgan fingerprint density at radius 2 is 0.713 bits per heavy atom. The van der Waals surface area contributed by atoms with E-state index in [2.05, 4.69) is 98.9 Å². The zero-order chi connectivity index (χ0) is 58.4. The number of phosphoric acid groups is 1. The molecule has 0 radical (unpaired) electrons. The molecule has 0 saturated heterocycles. The van der Waals surface area contributed by atoms with Gasteiger partial charge in [0.1, 0.15) is 19.8 Å². The quantitative estimate of drug-likeness (QED) is 0.0195. The van der Waals surface area contributed by atoms with Gasteiger partial charge in [0.05, 0.1) is 27.7 Å². The number of carbonyl (C=O) groups is 2. The first kappa shape index (κ1) is 77.2. The number of allylic oxidation sites excluding steroid dienone is 14. The summed E-state index contributed by atoms with van der Waals surface area (Å²) in [7, 11) is 1.15. The van der Waals surface area contributed by atoms with E-state index in [-0.39, 0.29) is 32.0 Å². The van der Waals surface area contributed by atoms with E-state index < -0.39 is 26.5 Å². The zero-order valence-corrected chi connectivity index (χ0v) is 53.7. The van der Waals surface area contributed by atoms with Crippen molar-refractivity contribution >= 4 is 19.8 Å². The van der Waals surface area contributed by atoms with Gasteiger partial charge in [-0.25, -0.2) is 0 Å². The van der Waals surface area contributed by atoms with E-state index in [1.54, 1.807) is 0 Å². The third-order valence-corrected chi connectivity index (χ3v) is 15.4. The molecule has 0 aromatic carbocycles. The molecule has 0 heterocycles. The van der Waals surface area contributed by atoms with E-state index in [4.69, 9.17) is 18.5 Å². The monoisotopic (exact) mass is 1140 g/mol. The molecule has 2 atom stereocenters. The fraction of sp³-hybridized carbons (Fsp3) is 0.771. The van der Waals surface area contributed by atoms with Crippen LogP contribution in [0.5, 0.6) is 0 Å². The van der Waals surface area contributed by atoms with Gasteiger partial charge in [-0.2, -0.15) is 0 Å². The number of esters is 2. The second-order valence-corrected chi connectivity index (χ2v) is 24.9. The zero-order valence-electron chi connectivity index (χ0n) is 52.8. The van der Waals surface area contributed by atoms with Crippen molar-refractivity contribution in [2.24, 2.45) is 0 Å². The molecule has 464 valence electrons. The molecule has 0 aliphatic heterocycles. The minimum atomic E-state index is -4.65. The number of rotatable bonds is 61. The van der Waals surface area contributed by atoms with Gasteiger partial charge in [0.2, 0.25) is 0 Å². The van der Waals surface area contributed by atoms with Crippen molar-refractivity contribution in [3.05, 3.63) is 85.1 Å². The van der Waals surface area contributed by atoms with Crippen molar-refractivity contribution in [2.45, 2.75) is 302 Å². The number of likely N-dealkylation sites (N-methyl/N-ethyl adjacent to an activating group) is 1. The number of ether oxygens (including phenoxy) is 2. The van der Waals surface area contributed by atoms with Crippen LogP contribution >= 0.6 is 7.82 Å².